The summed E-state index contributed by atoms with van der Waals surface area (Å²) in [6, 6.07) is 6.56. The van der Waals surface area contributed by atoms with Crippen molar-refractivity contribution < 1.29 is 14.6 Å². The molecular weight excluding hydrogens is 180 g/mol. The molecule has 5 nitrogen and oxygen atoms in total. The molecule has 1 rings (SSSR count). The number of hydrogen-bond donors (Lipinski definition) is 1. The van der Waals surface area contributed by atoms with Gasteiger partial charge in [0.1, 0.15) is 0 Å². The van der Waals surface area contributed by atoms with E-state index >= 15 is 0 Å². The lowest BCUT2D eigenvalue weighted by atomic mass is 10.3. The predicted octanol–water partition coefficient (Wildman–Crippen LogP) is 2.60. The van der Waals surface area contributed by atoms with E-state index in [9.17, 15) is 0 Å². The van der Waals surface area contributed by atoms with E-state index in [0.717, 1.165) is 12.0 Å². The smallest absolute Gasteiger partial charge is 0.220 e. The summed E-state index contributed by atoms with van der Waals surface area (Å²) in [7, 11) is 0. The fourth-order valence-corrected chi connectivity index (χ4v) is 1.06. The van der Waals surface area contributed by atoms with Gasteiger partial charge >= 0.3 is 5.69 Å². The monoisotopic (exact) mass is 185 g/mol. The van der Waals surface area contributed by atoms with Gasteiger partial charge in [-0.3, -0.25) is 0 Å². The van der Waals surface area contributed by atoms with E-state index in [0.29, 0.717) is 10.6 Å². The van der Waals surface area contributed by atoms with Gasteiger partial charge in [0.15, 0.2) is 4.98 Å². The minimum absolute atomic E-state index is 0.404. The van der Waals surface area contributed by atoms with E-state index in [2.05, 4.69) is 14.3 Å². The fraction of sp³-hybridized carbons (Fsp3) is 0. The number of benzene rings is 1. The third-order valence-electron chi connectivity index (χ3n) is 1.09. The zero-order valence-corrected chi connectivity index (χ0v) is 6.69. The first-order valence-corrected chi connectivity index (χ1v) is 3.71. The van der Waals surface area contributed by atoms with Crippen molar-refractivity contribution in [1.82, 2.24) is 0 Å². The van der Waals surface area contributed by atoms with Gasteiger partial charge in [-0.05, 0) is 6.07 Å². The van der Waals surface area contributed by atoms with E-state index in [1.165, 1.54) is 0 Å². The highest BCUT2D eigenvalue weighted by molar-refractivity contribution is 7.94. The van der Waals surface area contributed by atoms with Gasteiger partial charge in [0.2, 0.25) is 5.39 Å². The molecule has 0 atom stereocenters. The van der Waals surface area contributed by atoms with E-state index in [4.69, 9.17) is 10.7 Å². The van der Waals surface area contributed by atoms with Crippen LogP contribution in [0.5, 0.6) is 0 Å². The van der Waals surface area contributed by atoms with Crippen molar-refractivity contribution in [3.05, 3.63) is 29.2 Å². The molecular formula is C6H5N2O3S+. The minimum atomic E-state index is 0.404. The molecule has 12 heavy (non-hydrogen) atoms. The van der Waals surface area contributed by atoms with Crippen molar-refractivity contribution in [1.29, 1.82) is 5.39 Å². The summed E-state index contributed by atoms with van der Waals surface area (Å²) in [6.45, 7) is 0. The van der Waals surface area contributed by atoms with Crippen molar-refractivity contribution in [3.63, 3.8) is 0 Å². The maximum atomic E-state index is 8.38. The van der Waals surface area contributed by atoms with Crippen molar-refractivity contribution >= 4 is 17.7 Å². The molecule has 1 N–H and O–H groups in total. The topological polar surface area (TPSA) is 66.8 Å². The Kier molecular flexibility index (Phi) is 3.50. The molecule has 0 radical (unpaired) electrons. The lowest BCUT2D eigenvalue weighted by Crippen LogP contribution is -1.77. The second kappa shape index (κ2) is 4.69. The van der Waals surface area contributed by atoms with E-state index in [-0.39, 0.29) is 0 Å². The maximum absolute atomic E-state index is 8.38. The van der Waals surface area contributed by atoms with E-state index in [1.54, 1.807) is 24.3 Å². The molecule has 0 spiro atoms. The Morgan fingerprint density at radius 2 is 2.33 bits per heavy atom. The summed E-state index contributed by atoms with van der Waals surface area (Å²) >= 11 is 0.807. The average Bonchev–Trinajstić information content (AvgIpc) is 2.15. The summed E-state index contributed by atoms with van der Waals surface area (Å²) in [5, 5.41) is 19.6. The number of diazo groups is 1. The van der Waals surface area contributed by atoms with Crippen LogP contribution in [0, 0.1) is 5.39 Å². The lowest BCUT2D eigenvalue weighted by Gasteiger charge is -1.92. The highest BCUT2D eigenvalue weighted by Gasteiger charge is 2.05. The van der Waals surface area contributed by atoms with Crippen LogP contribution in [0.25, 0.3) is 4.98 Å². The van der Waals surface area contributed by atoms with Crippen LogP contribution in [0.15, 0.2) is 29.2 Å². The molecule has 1 aromatic rings. The molecule has 0 fully saturated rings. The first-order chi connectivity index (χ1) is 5.86. The molecule has 0 saturated heterocycles. The highest BCUT2D eigenvalue weighted by atomic mass is 32.2. The van der Waals surface area contributed by atoms with Crippen molar-refractivity contribution in [2.24, 2.45) is 0 Å². The Morgan fingerprint density at radius 3 is 3.00 bits per heavy atom. The normalized spacial score (nSPS) is 9.33. The van der Waals surface area contributed by atoms with Gasteiger partial charge in [-0.25, -0.2) is 5.26 Å². The van der Waals surface area contributed by atoms with Crippen molar-refractivity contribution in [3.8, 4) is 0 Å². The van der Waals surface area contributed by atoms with Crippen LogP contribution in [0.3, 0.4) is 0 Å². The van der Waals surface area contributed by atoms with Crippen LogP contribution < -0.4 is 0 Å². The number of hydrogen-bond acceptors (Lipinski definition) is 5. The third-order valence-corrected chi connectivity index (χ3v) is 1.67. The summed E-state index contributed by atoms with van der Waals surface area (Å²) in [5.74, 6) is 0. The molecule has 62 valence electrons. The van der Waals surface area contributed by atoms with E-state index in [1.807, 2.05) is 0 Å². The molecule has 0 aromatic heterocycles. The number of rotatable bonds is 3. The summed E-state index contributed by atoms with van der Waals surface area (Å²) in [6.07, 6.45) is 0. The van der Waals surface area contributed by atoms with Crippen molar-refractivity contribution in [2.45, 2.75) is 4.90 Å². The largest absolute Gasteiger partial charge is 0.386 e. The molecule has 0 aliphatic carbocycles. The van der Waals surface area contributed by atoms with Gasteiger partial charge in [-0.2, -0.15) is 0 Å². The Morgan fingerprint density at radius 1 is 1.50 bits per heavy atom. The van der Waals surface area contributed by atoms with Gasteiger partial charge in [0.25, 0.3) is 0 Å². The zero-order valence-electron chi connectivity index (χ0n) is 5.88. The van der Waals surface area contributed by atoms with Crippen LogP contribution in [-0.2, 0) is 9.37 Å². The molecule has 0 heterocycles. The molecule has 0 aliphatic heterocycles. The SMILES string of the molecule is N#[N+]c1cccc(SOOO)c1. The van der Waals surface area contributed by atoms with Crippen LogP contribution in [0.1, 0.15) is 0 Å². The molecule has 6 heteroatoms. The molecule has 0 amide bonds. The summed E-state index contributed by atoms with van der Waals surface area (Å²) < 4.78 is 4.17. The number of nitrogens with zero attached hydrogens (tertiary/aromatic N) is 2. The third kappa shape index (κ3) is 2.48. The molecule has 0 bridgehead atoms. The Balaban J connectivity index is 2.68. The van der Waals surface area contributed by atoms with Crippen LogP contribution >= 0.6 is 12.0 Å². The minimum Gasteiger partial charge on any atom is -0.220 e. The quantitative estimate of drug-likeness (QED) is 0.339. The van der Waals surface area contributed by atoms with Crippen molar-refractivity contribution in [2.75, 3.05) is 0 Å². The molecule has 1 aromatic carbocycles. The molecule has 0 aliphatic rings. The van der Waals surface area contributed by atoms with E-state index < -0.39 is 0 Å². The van der Waals surface area contributed by atoms with Crippen LogP contribution in [0.4, 0.5) is 5.69 Å². The zero-order chi connectivity index (χ0) is 8.81. The lowest BCUT2D eigenvalue weighted by molar-refractivity contribution is -0.432. The van der Waals surface area contributed by atoms with Crippen LogP contribution in [0.2, 0.25) is 0 Å². The Bertz CT molecular complexity index is 299. The standard InChI is InChI=1S/C6H4N2O3S/c7-8-5-2-1-3-6(4-5)12-11-10-9/h1-4H/p+1. The highest BCUT2D eigenvalue weighted by Crippen LogP contribution is 2.23. The first kappa shape index (κ1) is 8.96. The second-order valence-corrected chi connectivity index (χ2v) is 2.60. The summed E-state index contributed by atoms with van der Waals surface area (Å²) in [4.78, 5) is 3.62. The predicted molar refractivity (Wildman–Crippen MR) is 41.8 cm³/mol. The second-order valence-electron chi connectivity index (χ2n) is 1.82. The van der Waals surface area contributed by atoms with Gasteiger partial charge < -0.3 is 0 Å². The molecule has 0 unspecified atom stereocenters. The molecule has 0 saturated carbocycles. The van der Waals surface area contributed by atoms with Gasteiger partial charge in [0.05, 0.1) is 12.0 Å². The van der Waals surface area contributed by atoms with Gasteiger partial charge in [0, 0.05) is 17.0 Å². The van der Waals surface area contributed by atoms with Crippen LogP contribution in [-0.4, -0.2) is 5.26 Å². The first-order valence-electron chi connectivity index (χ1n) is 2.97. The fourth-order valence-electron chi connectivity index (χ4n) is 0.652. The van der Waals surface area contributed by atoms with Gasteiger partial charge in [-0.1, -0.05) is 11.1 Å². The Hall–Kier alpha value is -1.13. The Labute approximate surface area is 72.6 Å². The average molecular weight is 185 g/mol. The summed E-state index contributed by atoms with van der Waals surface area (Å²) in [5.41, 5.74) is 0.404. The maximum Gasteiger partial charge on any atom is 0.386 e. The van der Waals surface area contributed by atoms with Gasteiger partial charge in [-0.15, -0.1) is 4.33 Å².